The minimum atomic E-state index is -0.581. The molecule has 2 aromatic carbocycles. The maximum Gasteiger partial charge on any atom is 0.229 e. The van der Waals surface area contributed by atoms with E-state index >= 15 is 0 Å². The van der Waals surface area contributed by atoms with Gasteiger partial charge in [-0.2, -0.15) is 0 Å². The fraction of sp³-hybridized carbons (Fsp3) is 0.333. The van der Waals surface area contributed by atoms with E-state index in [1.54, 1.807) is 24.3 Å². The third-order valence-corrected chi connectivity index (χ3v) is 5.74. The van der Waals surface area contributed by atoms with E-state index < -0.39 is 5.92 Å². The van der Waals surface area contributed by atoms with Crippen LogP contribution in [0.3, 0.4) is 0 Å². The van der Waals surface area contributed by atoms with Gasteiger partial charge in [-0.15, -0.1) is 0 Å². The van der Waals surface area contributed by atoms with Crippen molar-refractivity contribution < 1.29 is 28.5 Å². The lowest BCUT2D eigenvalue weighted by Crippen LogP contribution is -2.28. The Balaban J connectivity index is 1.52. The minimum absolute atomic E-state index is 0.0425. The highest BCUT2D eigenvalue weighted by Crippen LogP contribution is 2.41. The highest BCUT2D eigenvalue weighted by Gasteiger charge is 2.37. The molecule has 1 atom stereocenters. The summed E-state index contributed by atoms with van der Waals surface area (Å²) in [6.07, 6.45) is 0.0425. The molecule has 0 aliphatic carbocycles. The molecule has 2 aliphatic rings. The van der Waals surface area contributed by atoms with Crippen LogP contribution < -0.4 is 29.2 Å². The number of hydrogen-bond acceptors (Lipinski definition) is 6. The van der Waals surface area contributed by atoms with E-state index in [0.29, 0.717) is 57.6 Å². The standard InChI is InChI=1S/C21H20Cl2N2O6/c1-28-16-9-17(29-2)15(6-13(16)23)25-10-11(5-20(25)26)21(27)24-14-8-19-18(7-12(14)22)30-3-4-31-19/h6-9,11H,3-5,10H2,1-2H3,(H,24,27). The maximum absolute atomic E-state index is 12.9. The molecule has 0 aromatic heterocycles. The SMILES string of the molecule is COc1cc(OC)c(N2CC(C(=O)Nc3cc4c(cc3Cl)OCCO4)CC2=O)cc1Cl. The molecular weight excluding hydrogens is 447 g/mol. The second-order valence-corrected chi connectivity index (χ2v) is 7.84. The fourth-order valence-corrected chi connectivity index (χ4v) is 4.00. The average molecular weight is 467 g/mol. The van der Waals surface area contributed by atoms with Crippen LogP contribution in [0, 0.1) is 5.92 Å². The van der Waals surface area contributed by atoms with Crippen molar-refractivity contribution in [2.24, 2.45) is 5.92 Å². The van der Waals surface area contributed by atoms with E-state index in [-0.39, 0.29) is 24.8 Å². The Hall–Kier alpha value is -2.84. The van der Waals surface area contributed by atoms with Crippen molar-refractivity contribution in [1.82, 2.24) is 0 Å². The number of rotatable bonds is 5. The van der Waals surface area contributed by atoms with Crippen LogP contribution in [0.4, 0.5) is 11.4 Å². The molecule has 31 heavy (non-hydrogen) atoms. The normalized spacial score (nSPS) is 17.5. The summed E-state index contributed by atoms with van der Waals surface area (Å²) >= 11 is 12.5. The molecule has 1 unspecified atom stereocenters. The van der Waals surface area contributed by atoms with Gasteiger partial charge in [0.15, 0.2) is 11.5 Å². The molecule has 1 fully saturated rings. The van der Waals surface area contributed by atoms with Crippen molar-refractivity contribution in [3.05, 3.63) is 34.3 Å². The smallest absolute Gasteiger partial charge is 0.229 e. The quantitative estimate of drug-likeness (QED) is 0.721. The first kappa shape index (κ1) is 21.4. The van der Waals surface area contributed by atoms with E-state index in [4.69, 9.17) is 42.1 Å². The van der Waals surface area contributed by atoms with Gasteiger partial charge in [-0.05, 0) is 6.07 Å². The van der Waals surface area contributed by atoms with Gasteiger partial charge in [-0.25, -0.2) is 0 Å². The molecule has 2 heterocycles. The maximum atomic E-state index is 12.9. The number of ether oxygens (including phenoxy) is 4. The second-order valence-electron chi connectivity index (χ2n) is 7.03. The van der Waals surface area contributed by atoms with Gasteiger partial charge in [0.1, 0.15) is 24.7 Å². The molecule has 2 aromatic rings. The van der Waals surface area contributed by atoms with Crippen LogP contribution in [0.1, 0.15) is 6.42 Å². The van der Waals surface area contributed by atoms with Crippen molar-refractivity contribution >= 4 is 46.4 Å². The Labute approximate surface area is 188 Å². The highest BCUT2D eigenvalue weighted by atomic mass is 35.5. The molecule has 2 aliphatic heterocycles. The summed E-state index contributed by atoms with van der Waals surface area (Å²) in [5, 5.41) is 3.45. The third kappa shape index (κ3) is 4.18. The van der Waals surface area contributed by atoms with Crippen LogP contribution in [0.15, 0.2) is 24.3 Å². The van der Waals surface area contributed by atoms with Crippen LogP contribution in [0.5, 0.6) is 23.0 Å². The van der Waals surface area contributed by atoms with E-state index in [1.165, 1.54) is 19.1 Å². The summed E-state index contributed by atoms with van der Waals surface area (Å²) in [5.74, 6) is 0.762. The lowest BCUT2D eigenvalue weighted by Gasteiger charge is -2.21. The molecule has 10 heteroatoms. The van der Waals surface area contributed by atoms with Crippen LogP contribution in [-0.4, -0.2) is 45.8 Å². The van der Waals surface area contributed by atoms with E-state index in [2.05, 4.69) is 5.32 Å². The zero-order chi connectivity index (χ0) is 22.1. The number of fused-ring (bicyclic) bond motifs is 1. The number of anilines is 2. The fourth-order valence-electron chi connectivity index (χ4n) is 3.57. The van der Waals surface area contributed by atoms with Crippen LogP contribution in [0.2, 0.25) is 10.0 Å². The monoisotopic (exact) mass is 466 g/mol. The number of methoxy groups -OCH3 is 2. The summed E-state index contributed by atoms with van der Waals surface area (Å²) in [4.78, 5) is 27.1. The van der Waals surface area contributed by atoms with Gasteiger partial charge < -0.3 is 29.2 Å². The lowest BCUT2D eigenvalue weighted by atomic mass is 10.1. The number of carbonyl (C=O) groups is 2. The number of halogens is 2. The number of amides is 2. The van der Waals surface area contributed by atoms with Gasteiger partial charge in [-0.1, -0.05) is 23.2 Å². The molecule has 0 bridgehead atoms. The molecule has 1 saturated heterocycles. The Kier molecular flexibility index (Phi) is 6.02. The summed E-state index contributed by atoms with van der Waals surface area (Å²) in [6, 6.07) is 6.42. The Morgan fingerprint density at radius 1 is 1.03 bits per heavy atom. The predicted octanol–water partition coefficient (Wildman–Crippen LogP) is 3.77. The minimum Gasteiger partial charge on any atom is -0.495 e. The number of nitrogens with one attached hydrogen (secondary N) is 1. The number of hydrogen-bond donors (Lipinski definition) is 1. The largest absolute Gasteiger partial charge is 0.495 e. The van der Waals surface area contributed by atoms with Crippen LogP contribution in [-0.2, 0) is 9.59 Å². The summed E-state index contributed by atoms with van der Waals surface area (Å²) in [5.41, 5.74) is 0.873. The van der Waals surface area contributed by atoms with Gasteiger partial charge >= 0.3 is 0 Å². The topological polar surface area (TPSA) is 86.3 Å². The summed E-state index contributed by atoms with van der Waals surface area (Å²) in [6.45, 7) is 1.03. The van der Waals surface area contributed by atoms with Crippen molar-refractivity contribution in [2.45, 2.75) is 6.42 Å². The highest BCUT2D eigenvalue weighted by molar-refractivity contribution is 6.34. The van der Waals surface area contributed by atoms with E-state index in [0.717, 1.165) is 0 Å². The molecule has 2 amide bonds. The molecule has 4 rings (SSSR count). The second kappa shape index (κ2) is 8.72. The molecule has 0 radical (unpaired) electrons. The number of nitrogens with zero attached hydrogens (tertiary/aromatic N) is 1. The van der Waals surface area contributed by atoms with Gasteiger partial charge in [0, 0.05) is 31.2 Å². The Bertz CT molecular complexity index is 1050. The predicted molar refractivity (Wildman–Crippen MR) is 116 cm³/mol. The first-order valence-corrected chi connectivity index (χ1v) is 10.3. The van der Waals surface area contributed by atoms with Crippen molar-refractivity contribution in [1.29, 1.82) is 0 Å². The first-order valence-electron chi connectivity index (χ1n) is 9.53. The van der Waals surface area contributed by atoms with Crippen molar-refractivity contribution in [3.63, 3.8) is 0 Å². The number of carbonyl (C=O) groups excluding carboxylic acids is 2. The van der Waals surface area contributed by atoms with E-state index in [9.17, 15) is 9.59 Å². The van der Waals surface area contributed by atoms with Gasteiger partial charge in [0.05, 0.1) is 41.6 Å². The van der Waals surface area contributed by atoms with Gasteiger partial charge in [-0.3, -0.25) is 9.59 Å². The van der Waals surface area contributed by atoms with E-state index in [1.807, 2.05) is 0 Å². The Morgan fingerprint density at radius 2 is 1.71 bits per heavy atom. The summed E-state index contributed by atoms with van der Waals surface area (Å²) < 4.78 is 21.6. The molecule has 164 valence electrons. The first-order chi connectivity index (χ1) is 14.9. The summed E-state index contributed by atoms with van der Waals surface area (Å²) in [7, 11) is 2.98. The molecule has 0 saturated carbocycles. The zero-order valence-electron chi connectivity index (χ0n) is 16.9. The zero-order valence-corrected chi connectivity index (χ0v) is 18.4. The Morgan fingerprint density at radius 3 is 2.39 bits per heavy atom. The third-order valence-electron chi connectivity index (χ3n) is 5.13. The van der Waals surface area contributed by atoms with Crippen molar-refractivity contribution in [2.75, 3.05) is 44.2 Å². The molecule has 0 spiro atoms. The van der Waals surface area contributed by atoms with Crippen LogP contribution in [0.25, 0.3) is 0 Å². The lowest BCUT2D eigenvalue weighted by molar-refractivity contribution is -0.122. The average Bonchev–Trinajstić information content (AvgIpc) is 3.15. The van der Waals surface area contributed by atoms with Crippen molar-refractivity contribution in [3.8, 4) is 23.0 Å². The van der Waals surface area contributed by atoms with Gasteiger partial charge in [0.25, 0.3) is 0 Å². The molecule has 1 N–H and O–H groups in total. The van der Waals surface area contributed by atoms with Gasteiger partial charge in [0.2, 0.25) is 11.8 Å². The number of benzene rings is 2. The van der Waals surface area contributed by atoms with Crippen LogP contribution >= 0.6 is 23.2 Å². The molecule has 8 nitrogen and oxygen atoms in total. The molecular formula is C21H20Cl2N2O6.